The summed E-state index contributed by atoms with van der Waals surface area (Å²) in [5.41, 5.74) is 0. The minimum atomic E-state index is -5.46. The summed E-state index contributed by atoms with van der Waals surface area (Å²) in [7, 11) is -16.2. The molecule has 0 saturated heterocycles. The summed E-state index contributed by atoms with van der Waals surface area (Å²) < 4.78 is 36.4. The van der Waals surface area contributed by atoms with E-state index >= 15 is 0 Å². The quantitative estimate of drug-likeness (QED) is 0.243. The van der Waals surface area contributed by atoms with Crippen molar-refractivity contribution in [3.8, 4) is 0 Å². The van der Waals surface area contributed by atoms with E-state index in [1.54, 1.807) is 0 Å². The molecule has 0 aromatic carbocycles. The average molecular weight is 384 g/mol. The van der Waals surface area contributed by atoms with Gasteiger partial charge in [-0.2, -0.15) is 8.62 Å². The van der Waals surface area contributed by atoms with Crippen LogP contribution in [0.5, 0.6) is 0 Å². The maximum absolute atomic E-state index is 10.4. The van der Waals surface area contributed by atoms with Crippen LogP contribution in [0, 0.1) is 0 Å². The van der Waals surface area contributed by atoms with Gasteiger partial charge in [-0.05, 0) is 0 Å². The van der Waals surface area contributed by atoms with Crippen LogP contribution in [0.2, 0.25) is 0 Å². The number of phosphoric acid groups is 3. The van der Waals surface area contributed by atoms with Crippen LogP contribution in [0.3, 0.4) is 0 Å². The topological polar surface area (TPSA) is 171 Å². The first kappa shape index (κ1) is 28.4. The van der Waals surface area contributed by atoms with E-state index in [-0.39, 0.29) is 113 Å². The summed E-state index contributed by atoms with van der Waals surface area (Å²) >= 11 is 0. The van der Waals surface area contributed by atoms with E-state index < -0.39 is 23.5 Å². The molecule has 0 rings (SSSR count). The Morgan fingerprint density at radius 2 is 0.812 bits per heavy atom. The van der Waals surface area contributed by atoms with E-state index in [1.807, 2.05) is 0 Å². The van der Waals surface area contributed by atoms with Crippen molar-refractivity contribution >= 4 is 137 Å². The van der Waals surface area contributed by atoms with Crippen molar-refractivity contribution < 1.29 is 46.8 Å². The van der Waals surface area contributed by atoms with Gasteiger partial charge in [0.15, 0.2) is 0 Å². The van der Waals surface area contributed by atoms with E-state index in [0.717, 1.165) is 0 Å². The van der Waals surface area contributed by atoms with Gasteiger partial charge in [-0.25, -0.2) is 13.7 Å². The summed E-state index contributed by atoms with van der Waals surface area (Å²) in [4.78, 5) is 40.2. The van der Waals surface area contributed by atoms with Gasteiger partial charge in [-0.15, -0.1) is 0 Å². The van der Waals surface area contributed by atoms with E-state index in [4.69, 9.17) is 24.5 Å². The molecular formula is H11Ca3O10P3. The third kappa shape index (κ3) is 20.5. The molecule has 10 nitrogen and oxygen atoms in total. The molecule has 16 heavy (non-hydrogen) atoms. The molecule has 0 spiro atoms. The molecule has 0 amide bonds. The summed E-state index contributed by atoms with van der Waals surface area (Å²) in [5.74, 6) is 0. The maximum atomic E-state index is 10.4. The molecule has 0 aliphatic carbocycles. The molecule has 0 fully saturated rings. The van der Waals surface area contributed by atoms with Crippen molar-refractivity contribution in [1.29, 1.82) is 0 Å². The zero-order valence-corrected chi connectivity index (χ0v) is 8.30. The van der Waals surface area contributed by atoms with Crippen LogP contribution in [-0.4, -0.2) is 138 Å². The van der Waals surface area contributed by atoms with Gasteiger partial charge in [0.2, 0.25) is 0 Å². The SMILES string of the molecule is O=P(O)(O)OP(=O)(O)OP(=O)(O)O.[CaH2].[CaH2].[CaH2]. The second-order valence-corrected chi connectivity index (χ2v) is 5.82. The van der Waals surface area contributed by atoms with E-state index in [9.17, 15) is 13.7 Å². The Hall–Kier alpha value is 4.19. The Bertz CT molecular complexity index is 283. The average Bonchev–Trinajstić information content (AvgIpc) is 1.43. The predicted octanol–water partition coefficient (Wildman–Crippen LogP) is -3.44. The fourth-order valence-electron chi connectivity index (χ4n) is 0.284. The summed E-state index contributed by atoms with van der Waals surface area (Å²) in [6.45, 7) is 0. The third-order valence-corrected chi connectivity index (χ3v) is 3.77. The molecule has 0 saturated carbocycles. The number of hydrogen-bond donors (Lipinski definition) is 5. The van der Waals surface area contributed by atoms with Gasteiger partial charge < -0.3 is 24.5 Å². The molecule has 0 aliphatic rings. The zero-order valence-electron chi connectivity index (χ0n) is 5.62. The van der Waals surface area contributed by atoms with Gasteiger partial charge in [-0.1, -0.05) is 0 Å². The fraction of sp³-hybridized carbons (Fsp3) is 0. The molecule has 0 atom stereocenters. The third-order valence-electron chi connectivity index (χ3n) is 0.419. The molecule has 5 N–H and O–H groups in total. The summed E-state index contributed by atoms with van der Waals surface area (Å²) in [5, 5.41) is 0. The van der Waals surface area contributed by atoms with Crippen LogP contribution in [0.25, 0.3) is 0 Å². The van der Waals surface area contributed by atoms with Crippen LogP contribution in [0.4, 0.5) is 0 Å². The van der Waals surface area contributed by atoms with Gasteiger partial charge in [0.25, 0.3) is 0 Å². The Morgan fingerprint density at radius 1 is 0.625 bits per heavy atom. The Labute approximate surface area is 180 Å². The molecule has 92 valence electrons. The molecule has 0 radical (unpaired) electrons. The Kier molecular flexibility index (Phi) is 19.2. The summed E-state index contributed by atoms with van der Waals surface area (Å²) in [6, 6.07) is 0. The van der Waals surface area contributed by atoms with Crippen molar-refractivity contribution in [2.24, 2.45) is 0 Å². The zero-order chi connectivity index (χ0) is 10.9. The van der Waals surface area contributed by atoms with E-state index in [2.05, 4.69) is 8.62 Å². The standard InChI is InChI=1S/3Ca.H5O10P3.6H/c;;;1-11(2,3)9-13(7,8)10-12(4,5)6;;;;;;/h;;;(H,7,8)(H2,1,2,3)(H2,4,5,6);;;;;;. The van der Waals surface area contributed by atoms with Crippen LogP contribution in [0.15, 0.2) is 0 Å². The normalized spacial score (nSPS) is 11.8. The first-order valence-corrected chi connectivity index (χ1v) is 6.83. The van der Waals surface area contributed by atoms with Crippen LogP contribution < -0.4 is 0 Å². The number of rotatable bonds is 4. The van der Waals surface area contributed by atoms with Gasteiger partial charge in [0.05, 0.1) is 0 Å². The van der Waals surface area contributed by atoms with Gasteiger partial charge in [0.1, 0.15) is 0 Å². The first-order valence-electron chi connectivity index (χ1n) is 2.28. The number of hydrogen-bond acceptors (Lipinski definition) is 5. The van der Waals surface area contributed by atoms with Crippen molar-refractivity contribution in [3.63, 3.8) is 0 Å². The Morgan fingerprint density at radius 3 is 0.938 bits per heavy atom. The second kappa shape index (κ2) is 10.9. The molecular weight excluding hydrogens is 373 g/mol. The molecule has 0 aliphatic heterocycles. The van der Waals surface area contributed by atoms with E-state index in [1.165, 1.54) is 0 Å². The van der Waals surface area contributed by atoms with Gasteiger partial charge in [-0.3, -0.25) is 0 Å². The van der Waals surface area contributed by atoms with Crippen LogP contribution in [-0.2, 0) is 22.3 Å². The molecule has 0 bridgehead atoms. The van der Waals surface area contributed by atoms with Crippen LogP contribution >= 0.6 is 23.5 Å². The monoisotopic (exact) mass is 384 g/mol. The van der Waals surface area contributed by atoms with Gasteiger partial charge >= 0.3 is 137 Å². The Balaban J connectivity index is -0.000000240. The first-order chi connectivity index (χ1) is 5.41. The predicted molar refractivity (Wildman–Crippen MR) is 61.7 cm³/mol. The molecule has 0 aromatic rings. The fourth-order valence-corrected chi connectivity index (χ4v) is 2.82. The molecule has 0 unspecified atom stereocenters. The molecule has 16 heteroatoms. The van der Waals surface area contributed by atoms with Crippen molar-refractivity contribution in [3.05, 3.63) is 0 Å². The molecule has 0 aromatic heterocycles. The second-order valence-electron chi connectivity index (χ2n) is 1.61. The minimum absolute atomic E-state index is 0. The summed E-state index contributed by atoms with van der Waals surface area (Å²) in [6.07, 6.45) is 0. The molecule has 0 heterocycles. The van der Waals surface area contributed by atoms with Crippen LogP contribution in [0.1, 0.15) is 0 Å². The van der Waals surface area contributed by atoms with Crippen molar-refractivity contribution in [1.82, 2.24) is 0 Å². The van der Waals surface area contributed by atoms with E-state index in [0.29, 0.717) is 0 Å². The van der Waals surface area contributed by atoms with Crippen molar-refractivity contribution in [2.75, 3.05) is 0 Å². The van der Waals surface area contributed by atoms with Gasteiger partial charge in [0, 0.05) is 0 Å². The van der Waals surface area contributed by atoms with Crippen molar-refractivity contribution in [2.45, 2.75) is 0 Å².